The second-order valence-corrected chi connectivity index (χ2v) is 7.35. The quantitative estimate of drug-likeness (QED) is 0.769. The molecule has 0 aliphatic heterocycles. The number of rotatable bonds is 7. The van der Waals surface area contributed by atoms with E-state index in [9.17, 15) is 13.2 Å². The van der Waals surface area contributed by atoms with Crippen LogP contribution in [-0.4, -0.2) is 28.0 Å². The average molecular weight is 383 g/mol. The second-order valence-electron chi connectivity index (χ2n) is 5.23. The summed E-state index contributed by atoms with van der Waals surface area (Å²) < 4.78 is 32.8. The van der Waals surface area contributed by atoms with Gasteiger partial charge in [0.2, 0.25) is 0 Å². The fourth-order valence-corrected chi connectivity index (χ4v) is 3.39. The van der Waals surface area contributed by atoms with Gasteiger partial charge in [-0.05, 0) is 42.8 Å². The molecular weight excluding hydrogens is 364 g/mol. The lowest BCUT2D eigenvalue weighted by molar-refractivity contribution is 0.0953. The molecule has 2 aromatic rings. The molecule has 0 bridgehead atoms. The number of nitrogens with one attached hydrogen (secondary N) is 2. The summed E-state index contributed by atoms with van der Waals surface area (Å²) in [5, 5.41) is 3.08. The summed E-state index contributed by atoms with van der Waals surface area (Å²) in [5.41, 5.74) is 0.491. The Kier molecular flexibility index (Phi) is 6.27. The summed E-state index contributed by atoms with van der Waals surface area (Å²) in [6.07, 6.45) is 0.792. The molecule has 0 saturated heterocycles. The van der Waals surface area contributed by atoms with Gasteiger partial charge in [0.05, 0.1) is 17.7 Å². The monoisotopic (exact) mass is 382 g/mol. The molecule has 0 aromatic heterocycles. The predicted molar refractivity (Wildman–Crippen MR) is 97.9 cm³/mol. The number of anilines is 1. The number of halogens is 1. The molecule has 6 nitrogen and oxygen atoms in total. The van der Waals surface area contributed by atoms with E-state index < -0.39 is 10.0 Å². The van der Waals surface area contributed by atoms with Gasteiger partial charge in [-0.2, -0.15) is 0 Å². The topological polar surface area (TPSA) is 84.5 Å². The van der Waals surface area contributed by atoms with Crippen molar-refractivity contribution in [2.75, 3.05) is 18.4 Å². The molecule has 2 aromatic carbocycles. The van der Waals surface area contributed by atoms with Crippen LogP contribution in [-0.2, 0) is 10.0 Å². The standard InChI is InChI=1S/C17H19ClN2O4S/c1-3-9-19-17(21)12-5-4-6-14(10-12)25(22,23)20-15-11-13(18)7-8-16(15)24-2/h4-8,10-11,20H,3,9H2,1-2H3,(H,19,21). The van der Waals surface area contributed by atoms with E-state index in [-0.39, 0.29) is 22.1 Å². The number of benzene rings is 2. The lowest BCUT2D eigenvalue weighted by Crippen LogP contribution is -2.24. The van der Waals surface area contributed by atoms with Gasteiger partial charge in [-0.15, -0.1) is 0 Å². The maximum atomic E-state index is 12.6. The lowest BCUT2D eigenvalue weighted by Gasteiger charge is -2.13. The van der Waals surface area contributed by atoms with Crippen molar-refractivity contribution in [2.24, 2.45) is 0 Å². The minimum atomic E-state index is -3.91. The van der Waals surface area contributed by atoms with Crippen LogP contribution in [0.5, 0.6) is 5.75 Å². The summed E-state index contributed by atoms with van der Waals surface area (Å²) in [6, 6.07) is 10.4. The Morgan fingerprint density at radius 1 is 1.20 bits per heavy atom. The van der Waals surface area contributed by atoms with Gasteiger partial charge in [-0.25, -0.2) is 8.42 Å². The van der Waals surface area contributed by atoms with E-state index in [4.69, 9.17) is 16.3 Å². The van der Waals surface area contributed by atoms with Gasteiger partial charge in [-0.1, -0.05) is 24.6 Å². The summed E-state index contributed by atoms with van der Waals surface area (Å²) in [6.45, 7) is 2.46. The molecule has 0 radical (unpaired) electrons. The van der Waals surface area contributed by atoms with Crippen LogP contribution in [0.25, 0.3) is 0 Å². The first-order chi connectivity index (χ1) is 11.9. The predicted octanol–water partition coefficient (Wildman–Crippen LogP) is 3.29. The summed E-state index contributed by atoms with van der Waals surface area (Å²) >= 11 is 5.92. The van der Waals surface area contributed by atoms with E-state index in [0.717, 1.165) is 6.42 Å². The first-order valence-electron chi connectivity index (χ1n) is 7.62. The fourth-order valence-electron chi connectivity index (χ4n) is 2.11. The van der Waals surface area contributed by atoms with Crippen molar-refractivity contribution in [2.45, 2.75) is 18.2 Å². The number of methoxy groups -OCH3 is 1. The number of hydrogen-bond donors (Lipinski definition) is 2. The van der Waals surface area contributed by atoms with Crippen LogP contribution in [0, 0.1) is 0 Å². The molecule has 0 unspecified atom stereocenters. The van der Waals surface area contributed by atoms with Crippen LogP contribution in [0.1, 0.15) is 23.7 Å². The van der Waals surface area contributed by atoms with Gasteiger partial charge in [0, 0.05) is 17.1 Å². The maximum absolute atomic E-state index is 12.6. The summed E-state index contributed by atoms with van der Waals surface area (Å²) in [7, 11) is -2.48. The number of carbonyl (C=O) groups excluding carboxylic acids is 1. The third-order valence-corrected chi connectivity index (χ3v) is 4.95. The molecule has 2 rings (SSSR count). The van der Waals surface area contributed by atoms with Crippen LogP contribution >= 0.6 is 11.6 Å². The SMILES string of the molecule is CCCNC(=O)c1cccc(S(=O)(=O)Nc2cc(Cl)ccc2OC)c1. The highest BCUT2D eigenvalue weighted by atomic mass is 35.5. The van der Waals surface area contributed by atoms with Crippen molar-refractivity contribution in [1.29, 1.82) is 0 Å². The number of carbonyl (C=O) groups is 1. The molecule has 0 aliphatic rings. The molecule has 0 fully saturated rings. The zero-order valence-corrected chi connectivity index (χ0v) is 15.4. The summed E-state index contributed by atoms with van der Waals surface area (Å²) in [4.78, 5) is 12.0. The van der Waals surface area contributed by atoms with Gasteiger partial charge in [0.15, 0.2) is 0 Å². The minimum absolute atomic E-state index is 0.0290. The Morgan fingerprint density at radius 2 is 1.96 bits per heavy atom. The van der Waals surface area contributed by atoms with Crippen molar-refractivity contribution < 1.29 is 17.9 Å². The van der Waals surface area contributed by atoms with E-state index >= 15 is 0 Å². The molecule has 0 spiro atoms. The van der Waals surface area contributed by atoms with Crippen LogP contribution in [0.2, 0.25) is 5.02 Å². The Labute approximate surface area is 152 Å². The smallest absolute Gasteiger partial charge is 0.262 e. The molecule has 0 atom stereocenters. The summed E-state index contributed by atoms with van der Waals surface area (Å²) in [5.74, 6) is 0.0176. The Morgan fingerprint density at radius 3 is 2.64 bits per heavy atom. The second kappa shape index (κ2) is 8.22. The Hall–Kier alpha value is -2.25. The van der Waals surface area contributed by atoms with Gasteiger partial charge in [0.1, 0.15) is 5.75 Å². The third kappa shape index (κ3) is 4.87. The first kappa shape index (κ1) is 19.1. The van der Waals surface area contributed by atoms with Gasteiger partial charge >= 0.3 is 0 Å². The molecule has 0 heterocycles. The van der Waals surface area contributed by atoms with E-state index in [1.54, 1.807) is 18.2 Å². The van der Waals surface area contributed by atoms with Gasteiger partial charge in [0.25, 0.3) is 15.9 Å². The number of ether oxygens (including phenoxy) is 1. The average Bonchev–Trinajstić information content (AvgIpc) is 2.59. The van der Waals surface area contributed by atoms with E-state index in [1.807, 2.05) is 6.92 Å². The van der Waals surface area contributed by atoms with Crippen molar-refractivity contribution in [3.8, 4) is 5.75 Å². The van der Waals surface area contributed by atoms with Crippen molar-refractivity contribution in [1.82, 2.24) is 5.32 Å². The van der Waals surface area contributed by atoms with Gasteiger partial charge < -0.3 is 10.1 Å². The third-order valence-electron chi connectivity index (χ3n) is 3.35. The zero-order valence-electron chi connectivity index (χ0n) is 13.9. The van der Waals surface area contributed by atoms with Crippen molar-refractivity contribution in [3.05, 3.63) is 53.1 Å². The highest BCUT2D eigenvalue weighted by molar-refractivity contribution is 7.92. The Bertz CT molecular complexity index is 869. The number of hydrogen-bond acceptors (Lipinski definition) is 4. The Balaban J connectivity index is 2.31. The van der Waals surface area contributed by atoms with Crippen LogP contribution in [0.3, 0.4) is 0 Å². The van der Waals surface area contributed by atoms with E-state index in [1.165, 1.54) is 31.4 Å². The number of sulfonamides is 1. The van der Waals surface area contributed by atoms with Crippen molar-refractivity contribution in [3.63, 3.8) is 0 Å². The van der Waals surface area contributed by atoms with Gasteiger partial charge in [-0.3, -0.25) is 9.52 Å². The molecule has 2 N–H and O–H groups in total. The first-order valence-corrected chi connectivity index (χ1v) is 9.48. The molecule has 134 valence electrons. The largest absolute Gasteiger partial charge is 0.495 e. The maximum Gasteiger partial charge on any atom is 0.262 e. The molecule has 25 heavy (non-hydrogen) atoms. The molecule has 1 amide bonds. The highest BCUT2D eigenvalue weighted by Gasteiger charge is 2.18. The lowest BCUT2D eigenvalue weighted by atomic mass is 10.2. The number of amides is 1. The zero-order chi connectivity index (χ0) is 18.4. The fraction of sp³-hybridized carbons (Fsp3) is 0.235. The van der Waals surface area contributed by atoms with Crippen LogP contribution in [0.15, 0.2) is 47.4 Å². The minimum Gasteiger partial charge on any atom is -0.495 e. The molecule has 8 heteroatoms. The normalized spacial score (nSPS) is 11.0. The van der Waals surface area contributed by atoms with E-state index in [2.05, 4.69) is 10.0 Å². The molecule has 0 aliphatic carbocycles. The van der Waals surface area contributed by atoms with Crippen LogP contribution in [0.4, 0.5) is 5.69 Å². The molecule has 0 saturated carbocycles. The molecular formula is C17H19ClN2O4S. The highest BCUT2D eigenvalue weighted by Crippen LogP contribution is 2.29. The van der Waals surface area contributed by atoms with Crippen LogP contribution < -0.4 is 14.8 Å². The van der Waals surface area contributed by atoms with Crippen molar-refractivity contribution >= 4 is 33.2 Å². The van der Waals surface area contributed by atoms with E-state index in [0.29, 0.717) is 17.3 Å².